The average Bonchev–Trinajstić information content (AvgIpc) is 2.85. The third-order valence-electron chi connectivity index (χ3n) is 3.84. The van der Waals surface area contributed by atoms with Crippen molar-refractivity contribution in [2.45, 2.75) is 10.9 Å². The lowest BCUT2D eigenvalue weighted by atomic mass is 9.99. The van der Waals surface area contributed by atoms with Crippen molar-refractivity contribution in [1.82, 2.24) is 4.72 Å². The number of benzene rings is 2. The van der Waals surface area contributed by atoms with Gasteiger partial charge in [-0.15, -0.1) is 10.8 Å². The van der Waals surface area contributed by atoms with Gasteiger partial charge < -0.3 is 14.2 Å². The highest BCUT2D eigenvalue weighted by molar-refractivity contribution is 8.23. The van der Waals surface area contributed by atoms with E-state index in [1.54, 1.807) is 45.6 Å². The van der Waals surface area contributed by atoms with Gasteiger partial charge in [-0.3, -0.25) is 9.11 Å². The van der Waals surface area contributed by atoms with Gasteiger partial charge in [0.05, 0.1) is 32.3 Å². The topological polar surface area (TPSA) is 80.2 Å². The van der Waals surface area contributed by atoms with Gasteiger partial charge in [-0.1, -0.05) is 18.2 Å². The standard InChI is InChI=1S/C16H19NO5S/c1-20-12-8-10(9-13(21-2)16(12)22-3)15-11-6-4-5-7-14(11)23(18,19)17-15/h4-9,15,17-19H,1-3H3. The molecule has 0 aromatic heterocycles. The van der Waals surface area contributed by atoms with Crippen molar-refractivity contribution in [2.75, 3.05) is 21.3 Å². The Balaban J connectivity index is 2.13. The molecule has 0 amide bonds. The largest absolute Gasteiger partial charge is 0.493 e. The number of ether oxygens (including phenoxy) is 3. The molecular formula is C16H19NO5S. The molecular weight excluding hydrogens is 318 g/mol. The zero-order valence-electron chi connectivity index (χ0n) is 13.1. The van der Waals surface area contributed by atoms with Crippen LogP contribution in [0.25, 0.3) is 0 Å². The number of nitrogens with one attached hydrogen (secondary N) is 1. The Kier molecular flexibility index (Phi) is 4.11. The zero-order valence-corrected chi connectivity index (χ0v) is 13.9. The Morgan fingerprint density at radius 1 is 0.957 bits per heavy atom. The molecule has 3 rings (SSSR count). The Morgan fingerprint density at radius 3 is 2.13 bits per heavy atom. The van der Waals surface area contributed by atoms with Gasteiger partial charge in [0.2, 0.25) is 5.75 Å². The van der Waals surface area contributed by atoms with Crippen LogP contribution in [0.4, 0.5) is 0 Å². The van der Waals surface area contributed by atoms with Crippen molar-refractivity contribution in [3.05, 3.63) is 47.5 Å². The maximum absolute atomic E-state index is 10.3. The fourth-order valence-corrected chi connectivity index (χ4v) is 4.29. The Hall–Kier alpha value is -1.93. The normalized spacial score (nSPS) is 19.8. The molecule has 3 N–H and O–H groups in total. The quantitative estimate of drug-likeness (QED) is 0.793. The fraction of sp³-hybridized carbons (Fsp3) is 0.250. The van der Waals surface area contributed by atoms with Crippen molar-refractivity contribution >= 4 is 10.8 Å². The molecule has 0 bridgehead atoms. The van der Waals surface area contributed by atoms with Crippen molar-refractivity contribution in [3.63, 3.8) is 0 Å². The van der Waals surface area contributed by atoms with Crippen LogP contribution in [0, 0.1) is 0 Å². The van der Waals surface area contributed by atoms with Crippen LogP contribution in [0.1, 0.15) is 17.2 Å². The van der Waals surface area contributed by atoms with Crippen LogP contribution < -0.4 is 18.9 Å². The lowest BCUT2D eigenvalue weighted by Gasteiger charge is -2.28. The molecule has 0 saturated heterocycles. The lowest BCUT2D eigenvalue weighted by molar-refractivity contribution is 0.323. The smallest absolute Gasteiger partial charge is 0.203 e. The van der Waals surface area contributed by atoms with E-state index in [1.807, 2.05) is 12.1 Å². The summed E-state index contributed by atoms with van der Waals surface area (Å²) in [4.78, 5) is 0.513. The summed E-state index contributed by atoms with van der Waals surface area (Å²) in [5, 5.41) is 0. The summed E-state index contributed by atoms with van der Waals surface area (Å²) in [5.41, 5.74) is 1.62. The minimum absolute atomic E-state index is 0.370. The van der Waals surface area contributed by atoms with E-state index in [9.17, 15) is 9.11 Å². The second-order valence-electron chi connectivity index (χ2n) is 5.10. The summed E-state index contributed by atoms with van der Waals surface area (Å²) < 4.78 is 39.5. The molecule has 1 heterocycles. The SMILES string of the molecule is COc1cc(C2NS(O)(O)c3ccccc32)cc(OC)c1OC. The van der Waals surface area contributed by atoms with Crippen LogP contribution in [0.2, 0.25) is 0 Å². The summed E-state index contributed by atoms with van der Waals surface area (Å²) in [6.45, 7) is 0. The molecule has 0 spiro atoms. The molecule has 1 unspecified atom stereocenters. The number of methoxy groups -OCH3 is 3. The summed E-state index contributed by atoms with van der Waals surface area (Å²) in [6, 6.07) is 10.5. The maximum atomic E-state index is 10.3. The molecule has 0 aliphatic carbocycles. The van der Waals surface area contributed by atoms with Crippen molar-refractivity contribution in [1.29, 1.82) is 0 Å². The van der Waals surface area contributed by atoms with Gasteiger partial charge in [-0.2, -0.15) is 0 Å². The first-order valence-corrected chi connectivity index (χ1v) is 8.51. The summed E-state index contributed by atoms with van der Waals surface area (Å²) in [6.07, 6.45) is 0. The molecule has 0 saturated carbocycles. The van der Waals surface area contributed by atoms with Crippen LogP contribution in [-0.4, -0.2) is 30.4 Å². The Labute approximate surface area is 136 Å². The van der Waals surface area contributed by atoms with Gasteiger partial charge in [0.1, 0.15) is 0 Å². The Bertz CT molecular complexity index is 709. The summed E-state index contributed by atoms with van der Waals surface area (Å²) in [7, 11) is 1.61. The van der Waals surface area contributed by atoms with Crippen LogP contribution in [-0.2, 0) is 0 Å². The fourth-order valence-electron chi connectivity index (χ4n) is 2.79. The summed E-state index contributed by atoms with van der Waals surface area (Å²) in [5.74, 6) is 1.53. The predicted molar refractivity (Wildman–Crippen MR) is 88.6 cm³/mol. The van der Waals surface area contributed by atoms with Gasteiger partial charge in [0.15, 0.2) is 11.5 Å². The van der Waals surface area contributed by atoms with Gasteiger partial charge in [-0.05, 0) is 29.3 Å². The zero-order chi connectivity index (χ0) is 16.6. The van der Waals surface area contributed by atoms with E-state index in [2.05, 4.69) is 4.72 Å². The number of rotatable bonds is 4. The predicted octanol–water partition coefficient (Wildman–Crippen LogP) is 3.43. The second kappa shape index (κ2) is 5.93. The molecule has 23 heavy (non-hydrogen) atoms. The van der Waals surface area contributed by atoms with Gasteiger partial charge in [0.25, 0.3) is 0 Å². The first kappa shape index (κ1) is 15.9. The number of hydrogen-bond acceptors (Lipinski definition) is 6. The highest BCUT2D eigenvalue weighted by Gasteiger charge is 2.35. The van der Waals surface area contributed by atoms with Crippen molar-refractivity contribution < 1.29 is 23.3 Å². The van der Waals surface area contributed by atoms with Crippen LogP contribution in [0.5, 0.6) is 17.2 Å². The third-order valence-corrected chi connectivity index (χ3v) is 5.39. The number of fused-ring (bicyclic) bond motifs is 1. The first-order chi connectivity index (χ1) is 11.0. The highest BCUT2D eigenvalue weighted by Crippen LogP contribution is 2.56. The maximum Gasteiger partial charge on any atom is 0.203 e. The monoisotopic (exact) mass is 337 g/mol. The molecule has 2 aromatic rings. The van der Waals surface area contributed by atoms with Crippen LogP contribution >= 0.6 is 10.8 Å². The van der Waals surface area contributed by atoms with Gasteiger partial charge in [-0.25, -0.2) is 4.72 Å². The molecule has 1 atom stereocenters. The van der Waals surface area contributed by atoms with E-state index in [4.69, 9.17) is 14.2 Å². The average molecular weight is 337 g/mol. The van der Waals surface area contributed by atoms with E-state index in [1.165, 1.54) is 0 Å². The minimum Gasteiger partial charge on any atom is -0.493 e. The van der Waals surface area contributed by atoms with Crippen molar-refractivity contribution in [2.24, 2.45) is 0 Å². The first-order valence-electron chi connectivity index (χ1n) is 6.96. The minimum atomic E-state index is -3.02. The molecule has 7 heteroatoms. The summed E-state index contributed by atoms with van der Waals surface area (Å²) >= 11 is 0. The van der Waals surface area contributed by atoms with E-state index in [-0.39, 0.29) is 6.04 Å². The molecule has 0 fully saturated rings. The lowest BCUT2D eigenvalue weighted by Crippen LogP contribution is -2.18. The highest BCUT2D eigenvalue weighted by atomic mass is 32.3. The molecule has 6 nitrogen and oxygen atoms in total. The molecule has 0 radical (unpaired) electrons. The Morgan fingerprint density at radius 2 is 1.57 bits per heavy atom. The van der Waals surface area contributed by atoms with E-state index < -0.39 is 10.8 Å². The molecule has 1 aliphatic heterocycles. The molecule has 2 aromatic carbocycles. The molecule has 124 valence electrons. The second-order valence-corrected chi connectivity index (χ2v) is 6.87. The van der Waals surface area contributed by atoms with Gasteiger partial charge >= 0.3 is 0 Å². The van der Waals surface area contributed by atoms with Crippen LogP contribution in [0.3, 0.4) is 0 Å². The third kappa shape index (κ3) is 2.61. The van der Waals surface area contributed by atoms with E-state index >= 15 is 0 Å². The van der Waals surface area contributed by atoms with E-state index in [0.717, 1.165) is 11.1 Å². The van der Waals surface area contributed by atoms with E-state index in [0.29, 0.717) is 22.1 Å². The van der Waals surface area contributed by atoms with Crippen LogP contribution in [0.15, 0.2) is 41.3 Å². The number of hydrogen-bond donors (Lipinski definition) is 3. The molecule has 1 aliphatic rings. The van der Waals surface area contributed by atoms with Crippen molar-refractivity contribution in [3.8, 4) is 17.2 Å². The van der Waals surface area contributed by atoms with Gasteiger partial charge in [0, 0.05) is 0 Å².